The van der Waals surface area contributed by atoms with Gasteiger partial charge < -0.3 is 10.6 Å². The van der Waals surface area contributed by atoms with Gasteiger partial charge in [0.1, 0.15) is 0 Å². The number of carbonyl (C=O) groups excluding carboxylic acids is 1. The number of carbonyl (C=O) groups is 1. The van der Waals surface area contributed by atoms with E-state index in [9.17, 15) is 4.79 Å². The maximum absolute atomic E-state index is 12.8. The predicted molar refractivity (Wildman–Crippen MR) is 78.2 cm³/mol. The molecular weight excluding hydrogens is 236 g/mol. The average Bonchev–Trinajstić information content (AvgIpc) is 2.31. The van der Waals surface area contributed by atoms with Crippen LogP contribution in [0.5, 0.6) is 0 Å². The number of aryl methyl sites for hydroxylation is 2. The van der Waals surface area contributed by atoms with Crippen LogP contribution in [-0.2, 0) is 0 Å². The fraction of sp³-hybridized carbons (Fsp3) is 0.562. The van der Waals surface area contributed by atoms with Crippen LogP contribution in [0.3, 0.4) is 0 Å². The molecule has 1 unspecified atom stereocenters. The highest BCUT2D eigenvalue weighted by Gasteiger charge is 2.36. The zero-order valence-corrected chi connectivity index (χ0v) is 12.4. The monoisotopic (exact) mass is 260 g/mol. The Labute approximate surface area is 115 Å². The zero-order chi connectivity index (χ0) is 14.2. The van der Waals surface area contributed by atoms with Crippen LogP contribution in [0.4, 0.5) is 0 Å². The Hall–Kier alpha value is -1.35. The first-order valence-electron chi connectivity index (χ1n) is 6.96. The summed E-state index contributed by atoms with van der Waals surface area (Å²) >= 11 is 0. The van der Waals surface area contributed by atoms with Crippen LogP contribution in [0, 0.1) is 13.8 Å². The van der Waals surface area contributed by atoms with Gasteiger partial charge in [0.25, 0.3) is 5.91 Å². The van der Waals surface area contributed by atoms with E-state index in [2.05, 4.69) is 19.9 Å². The van der Waals surface area contributed by atoms with Crippen molar-refractivity contribution in [1.82, 2.24) is 4.90 Å². The van der Waals surface area contributed by atoms with Crippen LogP contribution in [-0.4, -0.2) is 28.9 Å². The van der Waals surface area contributed by atoms with Gasteiger partial charge in [-0.05, 0) is 52.2 Å². The molecule has 2 rings (SSSR count). The number of hydrogen-bond acceptors (Lipinski definition) is 2. The summed E-state index contributed by atoms with van der Waals surface area (Å²) in [6, 6.07) is 6.09. The van der Waals surface area contributed by atoms with E-state index < -0.39 is 0 Å². The number of amides is 1. The van der Waals surface area contributed by atoms with Crippen molar-refractivity contribution in [3.05, 3.63) is 34.9 Å². The van der Waals surface area contributed by atoms with Crippen molar-refractivity contribution in [3.63, 3.8) is 0 Å². The van der Waals surface area contributed by atoms with Crippen molar-refractivity contribution in [2.24, 2.45) is 5.73 Å². The highest BCUT2D eigenvalue weighted by atomic mass is 16.2. The van der Waals surface area contributed by atoms with E-state index in [1.54, 1.807) is 0 Å². The van der Waals surface area contributed by atoms with E-state index in [4.69, 9.17) is 5.73 Å². The van der Waals surface area contributed by atoms with E-state index in [0.29, 0.717) is 6.54 Å². The second kappa shape index (κ2) is 4.97. The second-order valence-electron chi connectivity index (χ2n) is 6.35. The fourth-order valence-electron chi connectivity index (χ4n) is 2.80. The summed E-state index contributed by atoms with van der Waals surface area (Å²) < 4.78 is 0. The molecule has 19 heavy (non-hydrogen) atoms. The van der Waals surface area contributed by atoms with E-state index in [0.717, 1.165) is 24.0 Å². The Morgan fingerprint density at radius 1 is 1.37 bits per heavy atom. The van der Waals surface area contributed by atoms with Crippen LogP contribution in [0.1, 0.15) is 48.2 Å². The molecule has 0 saturated carbocycles. The van der Waals surface area contributed by atoms with Crippen LogP contribution in [0.15, 0.2) is 18.2 Å². The number of nitrogens with zero attached hydrogens (tertiary/aromatic N) is 1. The van der Waals surface area contributed by atoms with Gasteiger partial charge in [0.05, 0.1) is 0 Å². The topological polar surface area (TPSA) is 46.3 Å². The molecule has 1 amide bonds. The number of nitrogens with two attached hydrogens (primary N) is 1. The van der Waals surface area contributed by atoms with Crippen molar-refractivity contribution in [1.29, 1.82) is 0 Å². The average molecular weight is 260 g/mol. The van der Waals surface area contributed by atoms with E-state index >= 15 is 0 Å². The van der Waals surface area contributed by atoms with Gasteiger partial charge in [-0.15, -0.1) is 0 Å². The minimum absolute atomic E-state index is 0.0997. The molecular formula is C16H24N2O. The summed E-state index contributed by atoms with van der Waals surface area (Å²) in [5.74, 6) is 0.109. The lowest BCUT2D eigenvalue weighted by molar-refractivity contribution is 0.0394. The van der Waals surface area contributed by atoms with Crippen molar-refractivity contribution in [3.8, 4) is 0 Å². The molecule has 0 spiro atoms. The highest BCUT2D eigenvalue weighted by Crippen LogP contribution is 2.29. The summed E-state index contributed by atoms with van der Waals surface area (Å²) in [4.78, 5) is 14.7. The van der Waals surface area contributed by atoms with Gasteiger partial charge in [0, 0.05) is 23.7 Å². The maximum Gasteiger partial charge on any atom is 0.254 e. The molecule has 1 saturated heterocycles. The van der Waals surface area contributed by atoms with Gasteiger partial charge in [0.2, 0.25) is 0 Å². The highest BCUT2D eigenvalue weighted by molar-refractivity contribution is 5.96. The van der Waals surface area contributed by atoms with Gasteiger partial charge in [-0.2, -0.15) is 0 Å². The van der Waals surface area contributed by atoms with Gasteiger partial charge in [-0.1, -0.05) is 17.7 Å². The Kier molecular flexibility index (Phi) is 3.68. The minimum Gasteiger partial charge on any atom is -0.332 e. The van der Waals surface area contributed by atoms with E-state index in [1.165, 1.54) is 5.56 Å². The lowest BCUT2D eigenvalue weighted by atomic mass is 9.87. The van der Waals surface area contributed by atoms with Gasteiger partial charge in [-0.25, -0.2) is 0 Å². The van der Waals surface area contributed by atoms with E-state index in [1.807, 2.05) is 30.9 Å². The quantitative estimate of drug-likeness (QED) is 0.843. The standard InChI is InChI=1S/C16H24N2O/c1-11-5-6-14(12(2)9-11)15(19)18-10-13(17)7-8-16(18,3)4/h5-6,9,13H,7-8,10,17H2,1-4H3. The second-order valence-corrected chi connectivity index (χ2v) is 6.35. The van der Waals surface area contributed by atoms with Gasteiger partial charge in [0.15, 0.2) is 0 Å². The Balaban J connectivity index is 2.31. The molecule has 1 fully saturated rings. The normalized spacial score (nSPS) is 22.4. The predicted octanol–water partition coefficient (Wildman–Crippen LogP) is 2.65. The molecule has 1 aliphatic heterocycles. The van der Waals surface area contributed by atoms with Gasteiger partial charge >= 0.3 is 0 Å². The molecule has 104 valence electrons. The SMILES string of the molecule is Cc1ccc(C(=O)N2CC(N)CCC2(C)C)c(C)c1. The molecule has 1 atom stereocenters. The van der Waals surface area contributed by atoms with Crippen molar-refractivity contribution < 1.29 is 4.79 Å². The Morgan fingerprint density at radius 2 is 2.05 bits per heavy atom. The molecule has 3 heteroatoms. The largest absolute Gasteiger partial charge is 0.332 e. The van der Waals surface area contributed by atoms with Crippen LogP contribution < -0.4 is 5.73 Å². The van der Waals surface area contributed by atoms with Gasteiger partial charge in [-0.3, -0.25) is 4.79 Å². The van der Waals surface area contributed by atoms with Crippen LogP contribution >= 0.6 is 0 Å². The smallest absolute Gasteiger partial charge is 0.254 e. The lowest BCUT2D eigenvalue weighted by Gasteiger charge is -2.45. The third-order valence-electron chi connectivity index (χ3n) is 4.13. The Bertz CT molecular complexity index is 494. The first-order valence-corrected chi connectivity index (χ1v) is 6.96. The lowest BCUT2D eigenvalue weighted by Crippen LogP contribution is -2.56. The Morgan fingerprint density at radius 3 is 2.68 bits per heavy atom. The molecule has 3 nitrogen and oxygen atoms in total. The molecule has 0 aromatic heterocycles. The van der Waals surface area contributed by atoms with Crippen LogP contribution in [0.25, 0.3) is 0 Å². The third kappa shape index (κ3) is 2.81. The first-order chi connectivity index (χ1) is 8.81. The zero-order valence-electron chi connectivity index (χ0n) is 12.4. The number of rotatable bonds is 1. The summed E-state index contributed by atoms with van der Waals surface area (Å²) in [6.07, 6.45) is 1.95. The number of hydrogen-bond donors (Lipinski definition) is 1. The fourth-order valence-corrected chi connectivity index (χ4v) is 2.80. The molecule has 0 aliphatic carbocycles. The minimum atomic E-state index is -0.107. The molecule has 2 N–H and O–H groups in total. The molecule has 1 aromatic rings. The number of benzene rings is 1. The molecule has 1 aliphatic rings. The summed E-state index contributed by atoms with van der Waals surface area (Å²) in [5.41, 5.74) is 8.95. The summed E-state index contributed by atoms with van der Waals surface area (Å²) in [5, 5.41) is 0. The molecule has 1 aromatic carbocycles. The molecule has 0 bridgehead atoms. The van der Waals surface area contributed by atoms with E-state index in [-0.39, 0.29) is 17.5 Å². The first kappa shape index (κ1) is 14.1. The number of piperidine rings is 1. The number of likely N-dealkylation sites (tertiary alicyclic amines) is 1. The summed E-state index contributed by atoms with van der Waals surface area (Å²) in [6.45, 7) is 8.94. The van der Waals surface area contributed by atoms with Crippen molar-refractivity contribution >= 4 is 5.91 Å². The summed E-state index contributed by atoms with van der Waals surface area (Å²) in [7, 11) is 0. The molecule has 0 radical (unpaired) electrons. The third-order valence-corrected chi connectivity index (χ3v) is 4.13. The molecule has 1 heterocycles. The van der Waals surface area contributed by atoms with Crippen LogP contribution in [0.2, 0.25) is 0 Å². The maximum atomic E-state index is 12.8. The van der Waals surface area contributed by atoms with Crippen molar-refractivity contribution in [2.75, 3.05) is 6.54 Å². The van der Waals surface area contributed by atoms with Crippen molar-refractivity contribution in [2.45, 2.75) is 52.1 Å².